The molecule has 1 rings (SSSR count). The zero-order valence-electron chi connectivity index (χ0n) is 25.4. The monoisotopic (exact) mass is 576 g/mol. The molecule has 1 aromatic rings. The number of rotatable bonds is 17. The molecule has 4 amide bonds. The molecule has 4 N–H and O–H groups in total. The summed E-state index contributed by atoms with van der Waals surface area (Å²) in [6.07, 6.45) is 3.06. The minimum atomic E-state index is -1.35. The second kappa shape index (κ2) is 17.9. The van der Waals surface area contributed by atoms with Crippen molar-refractivity contribution in [2.45, 2.75) is 104 Å². The normalized spacial score (nSPS) is 12.5. The van der Waals surface area contributed by atoms with Crippen LogP contribution >= 0.6 is 0 Å². The summed E-state index contributed by atoms with van der Waals surface area (Å²) in [6.45, 7) is 11.1. The largest absolute Gasteiger partial charge is 0.466 e. The van der Waals surface area contributed by atoms with Crippen LogP contribution in [0.2, 0.25) is 0 Å². The number of hydrogen-bond acceptors (Lipinski definition) is 7. The molecule has 41 heavy (non-hydrogen) atoms. The molecule has 11 nitrogen and oxygen atoms in total. The molecule has 0 heterocycles. The number of unbranched alkanes of at least 4 members (excludes halogenated alkanes) is 4. The van der Waals surface area contributed by atoms with Crippen molar-refractivity contribution < 1.29 is 33.4 Å². The Morgan fingerprint density at radius 1 is 1.02 bits per heavy atom. The van der Waals surface area contributed by atoms with Crippen molar-refractivity contribution in [3.63, 3.8) is 0 Å². The number of esters is 1. The summed E-state index contributed by atoms with van der Waals surface area (Å²) in [5, 5.41) is 5.23. The predicted molar refractivity (Wildman–Crippen MR) is 156 cm³/mol. The predicted octanol–water partition coefficient (Wildman–Crippen LogP) is 3.67. The van der Waals surface area contributed by atoms with Gasteiger partial charge in [0.1, 0.15) is 17.7 Å². The van der Waals surface area contributed by atoms with E-state index in [4.69, 9.17) is 15.2 Å². The number of nitrogens with zero attached hydrogens (tertiary/aromatic N) is 1. The molecule has 0 fully saturated rings. The van der Waals surface area contributed by atoms with Crippen LogP contribution in [-0.4, -0.2) is 66.0 Å². The van der Waals surface area contributed by atoms with E-state index < -0.39 is 53.9 Å². The van der Waals surface area contributed by atoms with Crippen LogP contribution in [0.25, 0.3) is 0 Å². The van der Waals surface area contributed by atoms with E-state index in [9.17, 15) is 24.0 Å². The summed E-state index contributed by atoms with van der Waals surface area (Å²) in [7, 11) is 0. The molecule has 0 radical (unpaired) electrons. The maximum atomic E-state index is 14.1. The fourth-order valence-corrected chi connectivity index (χ4v) is 4.23. The Balaban J connectivity index is 3.44. The third-order valence-corrected chi connectivity index (χ3v) is 6.03. The summed E-state index contributed by atoms with van der Waals surface area (Å²) >= 11 is 0. The number of aryl methyl sites for hydroxylation is 1. The first-order chi connectivity index (χ1) is 19.3. The molecule has 1 aromatic carbocycles. The summed E-state index contributed by atoms with van der Waals surface area (Å²) in [4.78, 5) is 65.5. The third-order valence-electron chi connectivity index (χ3n) is 6.03. The van der Waals surface area contributed by atoms with Gasteiger partial charge in [-0.2, -0.15) is 0 Å². The quantitative estimate of drug-likeness (QED) is 0.189. The van der Waals surface area contributed by atoms with Gasteiger partial charge in [-0.05, 0) is 46.6 Å². The van der Waals surface area contributed by atoms with E-state index in [1.165, 1.54) is 4.90 Å². The molecular weight excluding hydrogens is 528 g/mol. The van der Waals surface area contributed by atoms with Crippen LogP contribution in [0, 0.1) is 6.92 Å². The van der Waals surface area contributed by atoms with Crippen molar-refractivity contribution in [3.05, 3.63) is 35.4 Å². The van der Waals surface area contributed by atoms with E-state index in [1.54, 1.807) is 45.9 Å². The number of carbonyl (C=O) groups is 5. The average Bonchev–Trinajstić information content (AvgIpc) is 2.85. The standard InChI is InChI=1S/C30H48N4O7/c1-7-9-10-11-12-18-34(28(38)23(20-24(31)35)33-29(39)41-30(4,5)6)26(22-15-13-14-21(3)19-22)27(37)32-17-16-25(36)40-8-2/h13-15,19,23,26H,7-12,16-18,20H2,1-6H3,(H2,31,35)(H,32,37)(H,33,39). The number of nitrogens with one attached hydrogen (secondary N) is 2. The van der Waals surface area contributed by atoms with Gasteiger partial charge in [0.15, 0.2) is 0 Å². The summed E-state index contributed by atoms with van der Waals surface area (Å²) < 4.78 is 10.3. The lowest BCUT2D eigenvalue weighted by molar-refractivity contribution is -0.144. The Hall–Kier alpha value is -3.63. The van der Waals surface area contributed by atoms with Crippen molar-refractivity contribution in [1.82, 2.24) is 15.5 Å². The van der Waals surface area contributed by atoms with Crippen molar-refractivity contribution in [2.75, 3.05) is 19.7 Å². The van der Waals surface area contributed by atoms with Gasteiger partial charge in [-0.3, -0.25) is 19.2 Å². The van der Waals surface area contributed by atoms with Crippen molar-refractivity contribution in [3.8, 4) is 0 Å². The lowest BCUT2D eigenvalue weighted by atomic mass is 9.99. The van der Waals surface area contributed by atoms with Crippen molar-refractivity contribution in [2.24, 2.45) is 5.73 Å². The number of amides is 4. The number of benzene rings is 1. The molecule has 2 unspecified atom stereocenters. The Labute approximate surface area is 243 Å². The van der Waals surface area contributed by atoms with Crippen LogP contribution < -0.4 is 16.4 Å². The Morgan fingerprint density at radius 3 is 2.29 bits per heavy atom. The SMILES string of the molecule is CCCCCCCN(C(=O)C(CC(N)=O)NC(=O)OC(C)(C)C)C(C(=O)NCCC(=O)OCC)c1cccc(C)c1. The summed E-state index contributed by atoms with van der Waals surface area (Å²) in [6, 6.07) is 4.76. The maximum Gasteiger partial charge on any atom is 0.408 e. The maximum absolute atomic E-state index is 14.1. The van der Waals surface area contributed by atoms with E-state index in [0.29, 0.717) is 12.0 Å². The highest BCUT2D eigenvalue weighted by Gasteiger charge is 2.36. The van der Waals surface area contributed by atoms with Gasteiger partial charge in [-0.1, -0.05) is 62.4 Å². The molecule has 0 aliphatic heterocycles. The molecule has 0 spiro atoms. The average molecular weight is 577 g/mol. The Morgan fingerprint density at radius 2 is 1.71 bits per heavy atom. The molecule has 0 saturated carbocycles. The van der Waals surface area contributed by atoms with E-state index >= 15 is 0 Å². The van der Waals surface area contributed by atoms with Crippen molar-refractivity contribution in [1.29, 1.82) is 0 Å². The lowest BCUT2D eigenvalue weighted by Crippen LogP contribution is -2.54. The van der Waals surface area contributed by atoms with E-state index in [-0.39, 0.29) is 26.1 Å². The minimum Gasteiger partial charge on any atom is -0.466 e. The second-order valence-corrected chi connectivity index (χ2v) is 11.0. The van der Waals surface area contributed by atoms with Crippen LogP contribution in [-0.2, 0) is 28.7 Å². The number of hydrogen-bond donors (Lipinski definition) is 3. The minimum absolute atomic E-state index is 0.0133. The number of carbonyl (C=O) groups excluding carboxylic acids is 5. The number of nitrogens with two attached hydrogens (primary N) is 1. The Kier molecular flexibility index (Phi) is 15.5. The van der Waals surface area contributed by atoms with Gasteiger partial charge in [0.25, 0.3) is 0 Å². The lowest BCUT2D eigenvalue weighted by Gasteiger charge is -2.34. The van der Waals surface area contributed by atoms with E-state index in [1.807, 2.05) is 13.0 Å². The van der Waals surface area contributed by atoms with Gasteiger partial charge in [0.05, 0.1) is 19.4 Å². The van der Waals surface area contributed by atoms with Crippen LogP contribution in [0.1, 0.15) is 96.7 Å². The first-order valence-corrected chi connectivity index (χ1v) is 14.4. The summed E-state index contributed by atoms with van der Waals surface area (Å²) in [5.41, 5.74) is 6.04. The molecular formula is C30H48N4O7. The number of ether oxygens (including phenoxy) is 2. The van der Waals surface area contributed by atoms with Gasteiger partial charge >= 0.3 is 12.1 Å². The van der Waals surface area contributed by atoms with Crippen molar-refractivity contribution >= 4 is 29.8 Å². The van der Waals surface area contributed by atoms with Crippen LogP contribution in [0.5, 0.6) is 0 Å². The highest BCUT2D eigenvalue weighted by molar-refractivity contribution is 5.94. The third kappa shape index (κ3) is 14.0. The molecule has 0 aliphatic carbocycles. The van der Waals surface area contributed by atoms with E-state index in [0.717, 1.165) is 31.2 Å². The molecule has 0 saturated heterocycles. The molecule has 2 atom stereocenters. The van der Waals surface area contributed by atoms with Crippen LogP contribution in [0.15, 0.2) is 24.3 Å². The van der Waals surface area contributed by atoms with E-state index in [2.05, 4.69) is 17.6 Å². The number of alkyl carbamates (subject to hydrolysis) is 1. The first kappa shape index (κ1) is 35.4. The van der Waals surface area contributed by atoms with Gasteiger partial charge in [-0.15, -0.1) is 0 Å². The highest BCUT2D eigenvalue weighted by Crippen LogP contribution is 2.25. The topological polar surface area (TPSA) is 157 Å². The van der Waals surface area contributed by atoms with Gasteiger partial charge < -0.3 is 30.7 Å². The molecule has 230 valence electrons. The van der Waals surface area contributed by atoms with Crippen LogP contribution in [0.4, 0.5) is 4.79 Å². The number of primary amides is 1. The molecule has 0 aromatic heterocycles. The highest BCUT2D eigenvalue weighted by atomic mass is 16.6. The zero-order valence-corrected chi connectivity index (χ0v) is 25.4. The fraction of sp³-hybridized carbons (Fsp3) is 0.633. The fourth-order valence-electron chi connectivity index (χ4n) is 4.23. The Bertz CT molecular complexity index is 1020. The van der Waals surface area contributed by atoms with Gasteiger partial charge in [0.2, 0.25) is 17.7 Å². The van der Waals surface area contributed by atoms with Gasteiger partial charge in [0, 0.05) is 13.1 Å². The molecule has 11 heteroatoms. The zero-order chi connectivity index (χ0) is 31.0. The smallest absolute Gasteiger partial charge is 0.408 e. The second-order valence-electron chi connectivity index (χ2n) is 11.0. The molecule has 0 bridgehead atoms. The van der Waals surface area contributed by atoms with Crippen LogP contribution in [0.3, 0.4) is 0 Å². The first-order valence-electron chi connectivity index (χ1n) is 14.4. The van der Waals surface area contributed by atoms with Gasteiger partial charge in [-0.25, -0.2) is 4.79 Å². The summed E-state index contributed by atoms with van der Waals surface area (Å²) in [5.74, 6) is -2.39. The molecule has 0 aliphatic rings.